The highest BCUT2D eigenvalue weighted by atomic mass is 19.1. The zero-order valence-electron chi connectivity index (χ0n) is 31.5. The number of halogens is 2. The SMILES string of the molecule is C#Cc1c(F)ccc2cc(OCOC)cc(-c3ncc4c(NCC5(N(C)C)CCC5)nc(OC[C@]56CCCN5[C@@H](COC(=O)N(C)C)CC6)nc4c3F)c12. The first-order valence-corrected chi connectivity index (χ1v) is 18.4. The summed E-state index contributed by atoms with van der Waals surface area (Å²) in [5, 5.41) is 4.73. The summed E-state index contributed by atoms with van der Waals surface area (Å²) in [5.74, 6) is 1.85. The molecule has 0 radical (unpaired) electrons. The van der Waals surface area contributed by atoms with Crippen molar-refractivity contribution in [3.8, 4) is 35.4 Å². The van der Waals surface area contributed by atoms with Crippen LogP contribution in [0.25, 0.3) is 32.9 Å². The van der Waals surface area contributed by atoms with Crippen molar-refractivity contribution in [1.82, 2.24) is 29.7 Å². The van der Waals surface area contributed by atoms with Crippen molar-refractivity contribution < 1.29 is 32.5 Å². The molecule has 2 aliphatic heterocycles. The van der Waals surface area contributed by atoms with Crippen LogP contribution in [-0.4, -0.2) is 121 Å². The minimum atomic E-state index is -0.740. The Kier molecular flexibility index (Phi) is 10.5. The van der Waals surface area contributed by atoms with Crippen LogP contribution in [0.5, 0.6) is 11.8 Å². The van der Waals surface area contributed by atoms with Crippen molar-refractivity contribution in [2.75, 3.05) is 73.7 Å². The number of ether oxygens (including phenoxy) is 4. The Morgan fingerprint density at radius 2 is 1.91 bits per heavy atom. The smallest absolute Gasteiger partial charge is 0.409 e. The number of fused-ring (bicyclic) bond motifs is 3. The normalized spacial score (nSPS) is 20.5. The van der Waals surface area contributed by atoms with Crippen LogP contribution in [-0.2, 0) is 9.47 Å². The van der Waals surface area contributed by atoms with Crippen molar-refractivity contribution in [2.24, 2.45) is 0 Å². The molecule has 2 aromatic carbocycles. The number of nitrogens with one attached hydrogen (secondary N) is 1. The fourth-order valence-corrected chi connectivity index (χ4v) is 8.27. The minimum absolute atomic E-state index is 0.00397. The van der Waals surface area contributed by atoms with Crippen LogP contribution in [0.1, 0.15) is 50.5 Å². The molecule has 1 N–H and O–H groups in total. The van der Waals surface area contributed by atoms with Crippen LogP contribution >= 0.6 is 0 Å². The van der Waals surface area contributed by atoms with Gasteiger partial charge >= 0.3 is 12.1 Å². The van der Waals surface area contributed by atoms with Gasteiger partial charge in [0.25, 0.3) is 0 Å². The first-order chi connectivity index (χ1) is 26.0. The Hall–Kier alpha value is -4.84. The van der Waals surface area contributed by atoms with Gasteiger partial charge in [-0.15, -0.1) is 6.42 Å². The van der Waals surface area contributed by atoms with Gasteiger partial charge in [-0.25, -0.2) is 13.6 Å². The molecular formula is C40H47F2N7O5. The second-order valence-electron chi connectivity index (χ2n) is 15.0. The summed E-state index contributed by atoms with van der Waals surface area (Å²) in [6.45, 7) is 1.96. The predicted octanol–water partition coefficient (Wildman–Crippen LogP) is 6.06. The number of hydrogen-bond donors (Lipinski definition) is 1. The Labute approximate surface area is 314 Å². The molecule has 4 aromatic rings. The van der Waals surface area contributed by atoms with Crippen molar-refractivity contribution in [1.29, 1.82) is 0 Å². The molecule has 14 heteroatoms. The van der Waals surface area contributed by atoms with Crippen LogP contribution in [0.2, 0.25) is 0 Å². The molecular weight excluding hydrogens is 696 g/mol. The highest BCUT2D eigenvalue weighted by molar-refractivity contribution is 6.03. The highest BCUT2D eigenvalue weighted by Crippen LogP contribution is 2.44. The molecule has 0 bridgehead atoms. The summed E-state index contributed by atoms with van der Waals surface area (Å²) in [7, 11) is 8.94. The van der Waals surface area contributed by atoms with E-state index in [-0.39, 0.29) is 65.0 Å². The summed E-state index contributed by atoms with van der Waals surface area (Å²) in [4.78, 5) is 32.2. The molecule has 2 saturated heterocycles. The number of carbonyl (C=O) groups is 1. The maximum absolute atomic E-state index is 17.1. The number of likely N-dealkylation sites (N-methyl/N-ethyl adjacent to an activating group) is 1. The van der Waals surface area contributed by atoms with Gasteiger partial charge in [-0.05, 0) is 89.2 Å². The van der Waals surface area contributed by atoms with Gasteiger partial charge in [0, 0.05) is 56.5 Å². The zero-order valence-corrected chi connectivity index (χ0v) is 31.5. The Bertz CT molecular complexity index is 2100. The summed E-state index contributed by atoms with van der Waals surface area (Å²) in [6, 6.07) is 6.21. The van der Waals surface area contributed by atoms with Crippen LogP contribution < -0.4 is 14.8 Å². The fraction of sp³-hybridized carbons (Fsp3) is 0.500. The largest absolute Gasteiger partial charge is 0.468 e. The molecule has 3 fully saturated rings. The molecule has 0 spiro atoms. The Balaban J connectivity index is 1.28. The second-order valence-corrected chi connectivity index (χ2v) is 15.0. The van der Waals surface area contributed by atoms with Gasteiger partial charge in [-0.2, -0.15) is 9.97 Å². The highest BCUT2D eigenvalue weighted by Gasteiger charge is 2.50. The summed E-state index contributed by atoms with van der Waals surface area (Å²) in [5.41, 5.74) is -0.216. The number of terminal acetylenes is 1. The van der Waals surface area contributed by atoms with Crippen molar-refractivity contribution in [2.45, 2.75) is 62.1 Å². The van der Waals surface area contributed by atoms with E-state index in [0.717, 1.165) is 51.5 Å². The minimum Gasteiger partial charge on any atom is -0.468 e. The molecule has 4 heterocycles. The van der Waals surface area contributed by atoms with E-state index in [1.807, 2.05) is 0 Å². The number of amides is 1. The lowest BCUT2D eigenvalue weighted by Gasteiger charge is -2.47. The van der Waals surface area contributed by atoms with E-state index in [1.165, 1.54) is 24.3 Å². The first-order valence-electron chi connectivity index (χ1n) is 18.4. The molecule has 7 rings (SSSR count). The number of benzene rings is 2. The van der Waals surface area contributed by atoms with Gasteiger partial charge in [0.2, 0.25) is 0 Å². The van der Waals surface area contributed by atoms with Gasteiger partial charge in [-0.3, -0.25) is 9.88 Å². The Morgan fingerprint density at radius 3 is 2.61 bits per heavy atom. The number of rotatable bonds is 13. The number of pyridine rings is 1. The lowest BCUT2D eigenvalue weighted by Crippen LogP contribution is -2.54. The second kappa shape index (κ2) is 15.1. The zero-order chi connectivity index (χ0) is 38.2. The predicted molar refractivity (Wildman–Crippen MR) is 202 cm³/mol. The molecule has 0 unspecified atom stereocenters. The summed E-state index contributed by atoms with van der Waals surface area (Å²) >= 11 is 0. The maximum atomic E-state index is 17.1. The van der Waals surface area contributed by atoms with E-state index in [9.17, 15) is 4.79 Å². The van der Waals surface area contributed by atoms with Crippen molar-refractivity contribution in [3.63, 3.8) is 0 Å². The standard InChI is InChI=1S/C40H47F2N7O5/c1-7-28-31(41)11-10-25-18-27(54-24-51-6)19-29(32(25)28)34-33(42)35-30(20-43-34)36(44-22-39(48(4)5)13-8-14-39)46-37(45-35)53-23-40-15-9-17-49(40)26(12-16-40)21-52-38(50)47(2)3/h1,10-11,18-20,26H,8-9,12-17,21-24H2,2-6H3,(H,44,45,46)/t26-,40-/m1/s1. The number of carbonyl (C=O) groups excluding carboxylic acids is 1. The molecule has 286 valence electrons. The molecule has 3 aliphatic rings. The summed E-state index contributed by atoms with van der Waals surface area (Å²) < 4.78 is 55.1. The molecule has 1 saturated carbocycles. The van der Waals surface area contributed by atoms with Crippen LogP contribution in [0.15, 0.2) is 30.5 Å². The molecule has 2 aromatic heterocycles. The maximum Gasteiger partial charge on any atom is 0.409 e. The lowest BCUT2D eigenvalue weighted by molar-refractivity contribution is 0.0484. The van der Waals surface area contributed by atoms with E-state index < -0.39 is 11.6 Å². The quantitative estimate of drug-likeness (QED) is 0.127. The van der Waals surface area contributed by atoms with Gasteiger partial charge < -0.3 is 34.1 Å². The summed E-state index contributed by atoms with van der Waals surface area (Å²) in [6.07, 6.45) is 13.7. The topological polar surface area (TPSA) is 114 Å². The van der Waals surface area contributed by atoms with Gasteiger partial charge in [-0.1, -0.05) is 12.0 Å². The van der Waals surface area contributed by atoms with Crippen LogP contribution in [0.3, 0.4) is 0 Å². The van der Waals surface area contributed by atoms with Gasteiger partial charge in [0.15, 0.2) is 12.6 Å². The van der Waals surface area contributed by atoms with Crippen molar-refractivity contribution >= 4 is 33.6 Å². The fourth-order valence-electron chi connectivity index (χ4n) is 8.27. The number of anilines is 1. The van der Waals surface area contributed by atoms with E-state index in [4.69, 9.17) is 30.4 Å². The number of nitrogens with zero attached hydrogens (tertiary/aromatic N) is 6. The average Bonchev–Trinajstić information content (AvgIpc) is 3.71. The van der Waals surface area contributed by atoms with E-state index in [1.54, 1.807) is 32.3 Å². The van der Waals surface area contributed by atoms with Gasteiger partial charge in [0.1, 0.15) is 41.8 Å². The molecule has 12 nitrogen and oxygen atoms in total. The Morgan fingerprint density at radius 1 is 1.09 bits per heavy atom. The third-order valence-corrected chi connectivity index (χ3v) is 11.5. The van der Waals surface area contributed by atoms with Gasteiger partial charge in [0.05, 0.1) is 16.5 Å². The molecule has 2 atom stereocenters. The van der Waals surface area contributed by atoms with E-state index in [0.29, 0.717) is 40.9 Å². The van der Waals surface area contributed by atoms with E-state index in [2.05, 4.69) is 45.1 Å². The number of methoxy groups -OCH3 is 1. The molecule has 54 heavy (non-hydrogen) atoms. The molecule has 1 aliphatic carbocycles. The monoisotopic (exact) mass is 743 g/mol. The molecule has 1 amide bonds. The number of hydrogen-bond acceptors (Lipinski definition) is 11. The first kappa shape index (κ1) is 37.5. The third kappa shape index (κ3) is 6.85. The number of aromatic nitrogens is 3. The third-order valence-electron chi connectivity index (χ3n) is 11.5. The van der Waals surface area contributed by atoms with Crippen LogP contribution in [0, 0.1) is 24.0 Å². The van der Waals surface area contributed by atoms with Crippen LogP contribution in [0.4, 0.5) is 19.4 Å². The van der Waals surface area contributed by atoms with Crippen molar-refractivity contribution in [3.05, 3.63) is 47.7 Å². The average molecular weight is 744 g/mol. The lowest BCUT2D eigenvalue weighted by atomic mass is 9.75. The van der Waals surface area contributed by atoms with E-state index >= 15 is 8.78 Å².